The molecule has 0 spiro atoms. The highest BCUT2D eigenvalue weighted by molar-refractivity contribution is 6.09. The van der Waals surface area contributed by atoms with Crippen LogP contribution in [0.1, 0.15) is 52.0 Å². The fraction of sp³-hybridized carbons (Fsp3) is 0.478. The molecular formula is C23H27NO6. The van der Waals surface area contributed by atoms with Gasteiger partial charge < -0.3 is 14.2 Å². The average molecular weight is 413 g/mol. The fourth-order valence-electron chi connectivity index (χ4n) is 4.35. The van der Waals surface area contributed by atoms with E-state index < -0.39 is 23.8 Å². The molecule has 0 saturated carbocycles. The number of carbonyl (C=O) groups is 3. The zero-order valence-electron chi connectivity index (χ0n) is 18.2. The van der Waals surface area contributed by atoms with Crippen LogP contribution in [0, 0.1) is 11.3 Å². The van der Waals surface area contributed by atoms with Crippen molar-refractivity contribution < 1.29 is 28.6 Å². The van der Waals surface area contributed by atoms with Crippen LogP contribution in [0.4, 0.5) is 0 Å². The number of aliphatic imine (C=N–C) groups is 1. The number of esters is 2. The molecule has 1 unspecified atom stereocenters. The van der Waals surface area contributed by atoms with E-state index >= 15 is 0 Å². The Morgan fingerprint density at radius 1 is 1.13 bits per heavy atom. The lowest BCUT2D eigenvalue weighted by atomic mass is 9.67. The van der Waals surface area contributed by atoms with Gasteiger partial charge in [-0.05, 0) is 36.5 Å². The average Bonchev–Trinajstić information content (AvgIpc) is 2.65. The second kappa shape index (κ2) is 8.05. The Morgan fingerprint density at radius 3 is 2.43 bits per heavy atom. The number of ketones is 1. The predicted octanol–water partition coefficient (Wildman–Crippen LogP) is 3.61. The maximum absolute atomic E-state index is 13.2. The van der Waals surface area contributed by atoms with Crippen molar-refractivity contribution in [1.29, 1.82) is 0 Å². The third kappa shape index (κ3) is 4.01. The van der Waals surface area contributed by atoms with Crippen molar-refractivity contribution in [2.24, 2.45) is 16.3 Å². The first-order chi connectivity index (χ1) is 14.1. The number of rotatable bonds is 4. The molecular weight excluding hydrogens is 386 g/mol. The zero-order valence-corrected chi connectivity index (χ0v) is 18.2. The second-order valence-corrected chi connectivity index (χ2v) is 8.54. The van der Waals surface area contributed by atoms with Gasteiger partial charge in [-0.1, -0.05) is 19.9 Å². The minimum Gasteiger partial charge on any atom is -0.493 e. The molecule has 1 aromatic rings. The molecule has 0 N–H and O–H groups in total. The summed E-state index contributed by atoms with van der Waals surface area (Å²) < 4.78 is 15.6. The van der Waals surface area contributed by atoms with E-state index in [9.17, 15) is 14.4 Å². The minimum absolute atomic E-state index is 0.0144. The van der Waals surface area contributed by atoms with Crippen LogP contribution >= 0.6 is 0 Å². The number of methoxy groups -OCH3 is 2. The van der Waals surface area contributed by atoms with Gasteiger partial charge in [0, 0.05) is 36.2 Å². The maximum atomic E-state index is 13.2. The molecule has 7 nitrogen and oxygen atoms in total. The van der Waals surface area contributed by atoms with Crippen LogP contribution in [-0.2, 0) is 19.1 Å². The topological polar surface area (TPSA) is 91.3 Å². The molecule has 0 aromatic heterocycles. The summed E-state index contributed by atoms with van der Waals surface area (Å²) in [5.74, 6) is -1.58. The Balaban J connectivity index is 2.18. The van der Waals surface area contributed by atoms with Crippen molar-refractivity contribution in [1.82, 2.24) is 0 Å². The predicted molar refractivity (Wildman–Crippen MR) is 111 cm³/mol. The molecule has 0 bridgehead atoms. The Hall–Kier alpha value is -2.96. The Labute approximate surface area is 176 Å². The van der Waals surface area contributed by atoms with Crippen LogP contribution in [0.2, 0.25) is 0 Å². The summed E-state index contributed by atoms with van der Waals surface area (Å²) in [7, 11) is 2.79. The normalized spacial score (nSPS) is 22.7. The summed E-state index contributed by atoms with van der Waals surface area (Å²) in [5.41, 5.74) is 2.39. The summed E-state index contributed by atoms with van der Waals surface area (Å²) in [6.45, 7) is 7.17. The number of hydrogen-bond acceptors (Lipinski definition) is 7. The van der Waals surface area contributed by atoms with Crippen LogP contribution in [0.5, 0.6) is 11.5 Å². The van der Waals surface area contributed by atoms with Gasteiger partial charge in [0.05, 0.1) is 14.2 Å². The highest BCUT2D eigenvalue weighted by Gasteiger charge is 2.46. The smallest absolute Gasteiger partial charge is 0.315 e. The van der Waals surface area contributed by atoms with E-state index in [0.29, 0.717) is 35.4 Å². The second-order valence-electron chi connectivity index (χ2n) is 8.54. The Morgan fingerprint density at radius 2 is 1.83 bits per heavy atom. The molecule has 0 radical (unpaired) electrons. The van der Waals surface area contributed by atoms with Crippen molar-refractivity contribution in [2.75, 3.05) is 14.2 Å². The van der Waals surface area contributed by atoms with Gasteiger partial charge >= 0.3 is 11.9 Å². The van der Waals surface area contributed by atoms with Crippen LogP contribution in [0.3, 0.4) is 0 Å². The SMILES string of the molecule is COC(=O)C1C(C)=NC2=C(C(=O)CC(C)(C)C2)[C@@H]1c1ccc(OC(C)=O)c(OC)c1. The number of nitrogens with zero attached hydrogens (tertiary/aromatic N) is 1. The number of hydrogen-bond donors (Lipinski definition) is 0. The first-order valence-electron chi connectivity index (χ1n) is 9.83. The first kappa shape index (κ1) is 21.7. The standard InChI is InChI=1S/C23H27NO6/c1-12-19(22(27)29-6)20(21-15(24-12)10-23(3,4)11-16(21)26)14-7-8-17(30-13(2)25)18(9-14)28-5/h7-9,19-20H,10-11H2,1-6H3/t19?,20-/m1/s1. The summed E-state index contributed by atoms with van der Waals surface area (Å²) in [4.78, 5) is 41.9. The summed E-state index contributed by atoms with van der Waals surface area (Å²) >= 11 is 0. The first-order valence-corrected chi connectivity index (χ1v) is 9.83. The van der Waals surface area contributed by atoms with Gasteiger partial charge in [0.15, 0.2) is 17.3 Å². The summed E-state index contributed by atoms with van der Waals surface area (Å²) in [6, 6.07) is 5.06. The zero-order chi connectivity index (χ0) is 22.2. The number of carbonyl (C=O) groups excluding carboxylic acids is 3. The van der Waals surface area contributed by atoms with E-state index in [1.165, 1.54) is 21.1 Å². The minimum atomic E-state index is -0.719. The molecule has 0 amide bonds. The van der Waals surface area contributed by atoms with Crippen molar-refractivity contribution in [3.05, 3.63) is 35.0 Å². The van der Waals surface area contributed by atoms with Crippen LogP contribution in [-0.4, -0.2) is 37.7 Å². The van der Waals surface area contributed by atoms with Crippen molar-refractivity contribution >= 4 is 23.4 Å². The fourth-order valence-corrected chi connectivity index (χ4v) is 4.35. The van der Waals surface area contributed by atoms with E-state index in [-0.39, 0.29) is 16.9 Å². The molecule has 1 aliphatic heterocycles. The number of benzene rings is 1. The third-order valence-corrected chi connectivity index (χ3v) is 5.56. The van der Waals surface area contributed by atoms with Gasteiger partial charge in [0.1, 0.15) is 5.92 Å². The van der Waals surface area contributed by atoms with Gasteiger partial charge in [0.25, 0.3) is 0 Å². The molecule has 1 aromatic carbocycles. The van der Waals surface area contributed by atoms with E-state index in [1.807, 2.05) is 13.8 Å². The van der Waals surface area contributed by atoms with Crippen molar-refractivity contribution in [3.63, 3.8) is 0 Å². The molecule has 1 heterocycles. The van der Waals surface area contributed by atoms with E-state index in [4.69, 9.17) is 14.2 Å². The number of allylic oxidation sites excluding steroid dienone is 2. The lowest BCUT2D eigenvalue weighted by molar-refractivity contribution is -0.143. The highest BCUT2D eigenvalue weighted by Crippen LogP contribution is 2.48. The van der Waals surface area contributed by atoms with Crippen molar-refractivity contribution in [3.8, 4) is 11.5 Å². The Bertz CT molecular complexity index is 972. The Kier molecular flexibility index (Phi) is 5.83. The van der Waals surface area contributed by atoms with E-state index in [1.54, 1.807) is 25.1 Å². The number of ether oxygens (including phenoxy) is 3. The highest BCUT2D eigenvalue weighted by atomic mass is 16.6. The van der Waals surface area contributed by atoms with Crippen LogP contribution in [0.25, 0.3) is 0 Å². The largest absolute Gasteiger partial charge is 0.493 e. The monoisotopic (exact) mass is 413 g/mol. The molecule has 2 atom stereocenters. The molecule has 0 saturated heterocycles. The van der Waals surface area contributed by atoms with Gasteiger partial charge in [0.2, 0.25) is 0 Å². The van der Waals surface area contributed by atoms with E-state index in [0.717, 1.165) is 5.70 Å². The molecule has 3 rings (SSSR count). The molecule has 160 valence electrons. The third-order valence-electron chi connectivity index (χ3n) is 5.56. The molecule has 2 aliphatic rings. The van der Waals surface area contributed by atoms with Gasteiger partial charge in [-0.15, -0.1) is 0 Å². The van der Waals surface area contributed by atoms with Gasteiger partial charge in [-0.25, -0.2) is 0 Å². The van der Waals surface area contributed by atoms with Crippen LogP contribution in [0.15, 0.2) is 34.5 Å². The lowest BCUT2D eigenvalue weighted by Crippen LogP contribution is -2.39. The summed E-state index contributed by atoms with van der Waals surface area (Å²) in [5, 5.41) is 0. The quantitative estimate of drug-likeness (QED) is 0.553. The van der Waals surface area contributed by atoms with Crippen molar-refractivity contribution in [2.45, 2.75) is 46.5 Å². The lowest BCUT2D eigenvalue weighted by Gasteiger charge is -2.38. The molecule has 1 aliphatic carbocycles. The number of Topliss-reactive ketones (excluding diaryl/α,β-unsaturated/α-hetero) is 1. The molecule has 30 heavy (non-hydrogen) atoms. The van der Waals surface area contributed by atoms with Gasteiger partial charge in [-0.3, -0.25) is 19.4 Å². The maximum Gasteiger partial charge on any atom is 0.315 e. The summed E-state index contributed by atoms with van der Waals surface area (Å²) in [6.07, 6.45) is 1.03. The molecule has 7 heteroatoms. The molecule has 0 fully saturated rings. The van der Waals surface area contributed by atoms with Crippen LogP contribution < -0.4 is 9.47 Å². The van der Waals surface area contributed by atoms with E-state index in [2.05, 4.69) is 4.99 Å². The van der Waals surface area contributed by atoms with Gasteiger partial charge in [-0.2, -0.15) is 0 Å².